The molecule has 1 aromatic carbocycles. The summed E-state index contributed by atoms with van der Waals surface area (Å²) in [6.07, 6.45) is 0.114. The summed E-state index contributed by atoms with van der Waals surface area (Å²) in [6.45, 7) is 0. The maximum atomic E-state index is 11.1. The molecule has 0 radical (unpaired) electrons. The van der Waals surface area contributed by atoms with Crippen LogP contribution in [-0.2, 0) is 16.0 Å². The number of halogens is 2. The van der Waals surface area contributed by atoms with Crippen LogP contribution >= 0.6 is 27.5 Å². The molecule has 0 spiro atoms. The van der Waals surface area contributed by atoms with Crippen LogP contribution in [0.15, 0.2) is 16.6 Å². The Hall–Kier alpha value is -1.05. The summed E-state index contributed by atoms with van der Waals surface area (Å²) in [5.41, 5.74) is 1.03. The fraction of sp³-hybridized carbons (Fsp3) is 0.200. The molecule has 1 rings (SSSR count). The van der Waals surface area contributed by atoms with Crippen molar-refractivity contribution >= 4 is 33.5 Å². The zero-order valence-electron chi connectivity index (χ0n) is 7.88. The smallest absolute Gasteiger partial charge is 0.310 e. The van der Waals surface area contributed by atoms with Gasteiger partial charge in [-0.25, -0.2) is 0 Å². The van der Waals surface area contributed by atoms with Crippen molar-refractivity contribution < 1.29 is 9.53 Å². The van der Waals surface area contributed by atoms with Crippen LogP contribution in [0.3, 0.4) is 0 Å². The van der Waals surface area contributed by atoms with Gasteiger partial charge >= 0.3 is 5.97 Å². The van der Waals surface area contributed by atoms with Crippen molar-refractivity contribution in [1.29, 1.82) is 5.26 Å². The number of rotatable bonds is 2. The summed E-state index contributed by atoms with van der Waals surface area (Å²) >= 11 is 9.07. The van der Waals surface area contributed by atoms with Crippen LogP contribution in [0.1, 0.15) is 11.1 Å². The number of hydrogen-bond donors (Lipinski definition) is 0. The monoisotopic (exact) mass is 287 g/mol. The molecular formula is C10H7BrClNO2. The van der Waals surface area contributed by atoms with Crippen LogP contribution in [-0.4, -0.2) is 13.1 Å². The van der Waals surface area contributed by atoms with Gasteiger partial charge in [-0.15, -0.1) is 0 Å². The number of methoxy groups -OCH3 is 1. The van der Waals surface area contributed by atoms with E-state index in [0.29, 0.717) is 20.6 Å². The summed E-state index contributed by atoms with van der Waals surface area (Å²) in [7, 11) is 1.32. The van der Waals surface area contributed by atoms with E-state index >= 15 is 0 Å². The Kier molecular flexibility index (Phi) is 4.13. The Morgan fingerprint density at radius 1 is 1.67 bits per heavy atom. The number of nitriles is 1. The Morgan fingerprint density at radius 2 is 2.33 bits per heavy atom. The highest BCUT2D eigenvalue weighted by Crippen LogP contribution is 2.25. The number of carbonyl (C=O) groups is 1. The van der Waals surface area contributed by atoms with Crippen LogP contribution in [0.5, 0.6) is 0 Å². The van der Waals surface area contributed by atoms with Gasteiger partial charge in [0.25, 0.3) is 0 Å². The Morgan fingerprint density at radius 3 is 2.87 bits per heavy atom. The topological polar surface area (TPSA) is 50.1 Å². The van der Waals surface area contributed by atoms with E-state index in [2.05, 4.69) is 20.7 Å². The fourth-order valence-electron chi connectivity index (χ4n) is 1.04. The van der Waals surface area contributed by atoms with Crippen LogP contribution in [0.2, 0.25) is 5.02 Å². The molecule has 0 fully saturated rings. The molecule has 0 aliphatic rings. The van der Waals surface area contributed by atoms with Crippen LogP contribution < -0.4 is 0 Å². The number of ether oxygens (including phenoxy) is 1. The van der Waals surface area contributed by atoms with E-state index in [1.165, 1.54) is 7.11 Å². The molecule has 0 atom stereocenters. The van der Waals surface area contributed by atoms with E-state index in [1.807, 2.05) is 6.07 Å². The molecule has 0 bridgehead atoms. The molecule has 15 heavy (non-hydrogen) atoms. The summed E-state index contributed by atoms with van der Waals surface area (Å²) in [4.78, 5) is 11.1. The number of nitrogens with zero attached hydrogens (tertiary/aromatic N) is 1. The first-order valence-corrected chi connectivity index (χ1v) is 5.20. The van der Waals surface area contributed by atoms with E-state index in [-0.39, 0.29) is 12.4 Å². The Labute approximate surface area is 101 Å². The predicted molar refractivity (Wildman–Crippen MR) is 59.6 cm³/mol. The van der Waals surface area contributed by atoms with Crippen molar-refractivity contribution in [1.82, 2.24) is 0 Å². The lowest BCUT2D eigenvalue weighted by molar-refractivity contribution is -0.139. The molecule has 0 aliphatic heterocycles. The average Bonchev–Trinajstić information content (AvgIpc) is 2.21. The third kappa shape index (κ3) is 2.95. The molecule has 0 saturated carbocycles. The highest BCUT2D eigenvalue weighted by molar-refractivity contribution is 9.10. The molecule has 0 heterocycles. The van der Waals surface area contributed by atoms with Gasteiger partial charge in [0, 0.05) is 4.47 Å². The SMILES string of the molecule is COC(=O)Cc1cc(C#N)c(Cl)cc1Br. The third-order valence-corrected chi connectivity index (χ3v) is 2.87. The third-order valence-electron chi connectivity index (χ3n) is 1.82. The Balaban J connectivity index is 3.09. The van der Waals surface area contributed by atoms with Gasteiger partial charge in [0.1, 0.15) is 6.07 Å². The van der Waals surface area contributed by atoms with E-state index in [1.54, 1.807) is 12.1 Å². The highest BCUT2D eigenvalue weighted by Gasteiger charge is 2.10. The van der Waals surface area contributed by atoms with Crippen molar-refractivity contribution in [3.8, 4) is 6.07 Å². The standard InChI is InChI=1S/C10H7BrClNO2/c1-15-10(14)3-6-2-7(5-13)9(12)4-8(6)11/h2,4H,3H2,1H3. The molecular weight excluding hydrogens is 281 g/mol. The molecule has 5 heteroatoms. The zero-order valence-corrected chi connectivity index (χ0v) is 10.2. The van der Waals surface area contributed by atoms with Gasteiger partial charge in [-0.3, -0.25) is 4.79 Å². The Bertz CT molecular complexity index is 440. The zero-order chi connectivity index (χ0) is 11.4. The molecule has 1 aromatic rings. The van der Waals surface area contributed by atoms with Crippen molar-refractivity contribution in [3.05, 3.63) is 32.8 Å². The van der Waals surface area contributed by atoms with Gasteiger partial charge < -0.3 is 4.74 Å². The van der Waals surface area contributed by atoms with Gasteiger partial charge in [0.05, 0.1) is 24.1 Å². The van der Waals surface area contributed by atoms with Gasteiger partial charge in [-0.2, -0.15) is 5.26 Å². The first kappa shape index (κ1) is 12.0. The molecule has 0 amide bonds. The van der Waals surface area contributed by atoms with E-state index in [4.69, 9.17) is 16.9 Å². The maximum Gasteiger partial charge on any atom is 0.310 e. The van der Waals surface area contributed by atoms with E-state index in [0.717, 1.165) is 0 Å². The maximum absolute atomic E-state index is 11.1. The van der Waals surface area contributed by atoms with Crippen molar-refractivity contribution in [2.24, 2.45) is 0 Å². The van der Waals surface area contributed by atoms with Crippen molar-refractivity contribution in [2.45, 2.75) is 6.42 Å². The van der Waals surface area contributed by atoms with Crippen LogP contribution in [0.4, 0.5) is 0 Å². The summed E-state index contributed by atoms with van der Waals surface area (Å²) in [6, 6.07) is 5.12. The molecule has 3 nitrogen and oxygen atoms in total. The summed E-state index contributed by atoms with van der Waals surface area (Å²) in [5, 5.41) is 9.12. The minimum atomic E-state index is -0.359. The van der Waals surface area contributed by atoms with Crippen LogP contribution in [0.25, 0.3) is 0 Å². The minimum Gasteiger partial charge on any atom is -0.469 e. The average molecular weight is 289 g/mol. The van der Waals surface area contributed by atoms with Gasteiger partial charge in [-0.05, 0) is 17.7 Å². The first-order chi connectivity index (χ1) is 7.08. The number of esters is 1. The van der Waals surface area contributed by atoms with Gasteiger partial charge in [0.2, 0.25) is 0 Å². The van der Waals surface area contributed by atoms with E-state index < -0.39 is 0 Å². The highest BCUT2D eigenvalue weighted by atomic mass is 79.9. The molecule has 78 valence electrons. The summed E-state index contributed by atoms with van der Waals surface area (Å²) < 4.78 is 5.23. The van der Waals surface area contributed by atoms with E-state index in [9.17, 15) is 4.79 Å². The molecule has 0 aromatic heterocycles. The molecule has 0 saturated heterocycles. The minimum absolute atomic E-state index is 0.114. The lowest BCUT2D eigenvalue weighted by Gasteiger charge is -2.05. The normalized spacial score (nSPS) is 9.47. The van der Waals surface area contributed by atoms with Crippen LogP contribution in [0, 0.1) is 11.3 Å². The van der Waals surface area contributed by atoms with Gasteiger partial charge in [0.15, 0.2) is 0 Å². The largest absolute Gasteiger partial charge is 0.469 e. The van der Waals surface area contributed by atoms with Crippen molar-refractivity contribution in [3.63, 3.8) is 0 Å². The second-order valence-corrected chi connectivity index (χ2v) is 4.05. The molecule has 0 unspecified atom stereocenters. The lowest BCUT2D eigenvalue weighted by atomic mass is 10.1. The number of hydrogen-bond acceptors (Lipinski definition) is 3. The summed E-state index contributed by atoms with van der Waals surface area (Å²) in [5.74, 6) is -0.359. The molecule has 0 N–H and O–H groups in total. The number of benzene rings is 1. The van der Waals surface area contributed by atoms with Gasteiger partial charge in [-0.1, -0.05) is 27.5 Å². The quantitative estimate of drug-likeness (QED) is 0.786. The second-order valence-electron chi connectivity index (χ2n) is 2.79. The number of carbonyl (C=O) groups excluding carboxylic acids is 1. The first-order valence-electron chi connectivity index (χ1n) is 4.03. The fourth-order valence-corrected chi connectivity index (χ4v) is 1.86. The molecule has 0 aliphatic carbocycles. The lowest BCUT2D eigenvalue weighted by Crippen LogP contribution is -2.05. The second kappa shape index (κ2) is 5.15. The predicted octanol–water partition coefficient (Wildman–Crippen LogP) is 2.69. The van der Waals surface area contributed by atoms with Crippen molar-refractivity contribution in [2.75, 3.05) is 7.11 Å².